The standard InChI is InChI=1S/C16H28N4/c1-4-17-15-12-14(11-13(2)3)18-16(19-15)20-9-7-5-6-8-10-20/h12-13H,4-11H2,1-3H3,(H,17,18,19). The largest absolute Gasteiger partial charge is 0.370 e. The minimum atomic E-state index is 0.622. The number of anilines is 2. The maximum Gasteiger partial charge on any atom is 0.227 e. The molecule has 0 spiro atoms. The Morgan fingerprint density at radius 3 is 2.45 bits per heavy atom. The van der Waals surface area contributed by atoms with Crippen molar-refractivity contribution in [1.82, 2.24) is 9.97 Å². The lowest BCUT2D eigenvalue weighted by molar-refractivity contribution is 0.631. The topological polar surface area (TPSA) is 41.1 Å². The summed E-state index contributed by atoms with van der Waals surface area (Å²) in [4.78, 5) is 11.9. The normalized spacial score (nSPS) is 16.3. The summed E-state index contributed by atoms with van der Waals surface area (Å²) in [5.74, 6) is 2.51. The third-order valence-electron chi connectivity index (χ3n) is 3.63. The van der Waals surface area contributed by atoms with Crippen LogP contribution >= 0.6 is 0 Å². The Labute approximate surface area is 123 Å². The van der Waals surface area contributed by atoms with E-state index >= 15 is 0 Å². The van der Waals surface area contributed by atoms with Gasteiger partial charge in [0.1, 0.15) is 5.82 Å². The second kappa shape index (κ2) is 7.46. The first kappa shape index (κ1) is 15.1. The summed E-state index contributed by atoms with van der Waals surface area (Å²) in [5, 5.41) is 3.34. The molecule has 2 rings (SSSR count). The van der Waals surface area contributed by atoms with E-state index in [4.69, 9.17) is 9.97 Å². The minimum absolute atomic E-state index is 0.622. The van der Waals surface area contributed by atoms with Crippen LogP contribution in [0, 0.1) is 5.92 Å². The Balaban J connectivity index is 2.22. The molecule has 4 heteroatoms. The van der Waals surface area contributed by atoms with E-state index in [1.165, 1.54) is 25.7 Å². The smallest absolute Gasteiger partial charge is 0.227 e. The molecule has 0 radical (unpaired) electrons. The molecule has 1 aromatic heterocycles. The van der Waals surface area contributed by atoms with Gasteiger partial charge in [-0.1, -0.05) is 26.7 Å². The van der Waals surface area contributed by atoms with Gasteiger partial charge in [-0.3, -0.25) is 0 Å². The predicted molar refractivity (Wildman–Crippen MR) is 85.4 cm³/mol. The van der Waals surface area contributed by atoms with Crippen molar-refractivity contribution in [3.63, 3.8) is 0 Å². The van der Waals surface area contributed by atoms with Crippen LogP contribution in [-0.2, 0) is 6.42 Å². The molecule has 1 fully saturated rings. The Morgan fingerprint density at radius 1 is 1.15 bits per heavy atom. The number of hydrogen-bond donors (Lipinski definition) is 1. The van der Waals surface area contributed by atoms with Gasteiger partial charge >= 0.3 is 0 Å². The van der Waals surface area contributed by atoms with Crippen molar-refractivity contribution in [2.45, 2.75) is 52.9 Å². The van der Waals surface area contributed by atoms with Gasteiger partial charge in [-0.2, -0.15) is 4.98 Å². The van der Waals surface area contributed by atoms with E-state index in [-0.39, 0.29) is 0 Å². The van der Waals surface area contributed by atoms with Crippen LogP contribution in [0.2, 0.25) is 0 Å². The van der Waals surface area contributed by atoms with Gasteiger partial charge in [0, 0.05) is 31.4 Å². The van der Waals surface area contributed by atoms with Gasteiger partial charge in [-0.25, -0.2) is 4.98 Å². The minimum Gasteiger partial charge on any atom is -0.370 e. The van der Waals surface area contributed by atoms with Gasteiger partial charge in [-0.05, 0) is 32.1 Å². The highest BCUT2D eigenvalue weighted by Gasteiger charge is 2.14. The number of rotatable bonds is 5. The second-order valence-corrected chi connectivity index (χ2v) is 6.07. The highest BCUT2D eigenvalue weighted by atomic mass is 15.3. The van der Waals surface area contributed by atoms with E-state index < -0.39 is 0 Å². The van der Waals surface area contributed by atoms with Crippen molar-refractivity contribution in [3.8, 4) is 0 Å². The second-order valence-electron chi connectivity index (χ2n) is 6.07. The first-order chi connectivity index (χ1) is 9.69. The van der Waals surface area contributed by atoms with Crippen LogP contribution in [-0.4, -0.2) is 29.6 Å². The third-order valence-corrected chi connectivity index (χ3v) is 3.63. The molecule has 1 aliphatic rings. The van der Waals surface area contributed by atoms with E-state index in [0.29, 0.717) is 5.92 Å². The van der Waals surface area contributed by atoms with Crippen LogP contribution in [0.25, 0.3) is 0 Å². The number of aromatic nitrogens is 2. The molecule has 1 aromatic rings. The van der Waals surface area contributed by atoms with E-state index in [2.05, 4.69) is 37.1 Å². The van der Waals surface area contributed by atoms with Gasteiger partial charge in [-0.15, -0.1) is 0 Å². The van der Waals surface area contributed by atoms with Gasteiger partial charge in [0.2, 0.25) is 5.95 Å². The molecule has 2 heterocycles. The molecular formula is C16H28N4. The first-order valence-corrected chi connectivity index (χ1v) is 8.06. The van der Waals surface area contributed by atoms with Crippen LogP contribution in [0.5, 0.6) is 0 Å². The van der Waals surface area contributed by atoms with Crippen molar-refractivity contribution < 1.29 is 0 Å². The average molecular weight is 276 g/mol. The van der Waals surface area contributed by atoms with Crippen molar-refractivity contribution in [2.75, 3.05) is 29.9 Å². The fourth-order valence-corrected chi connectivity index (χ4v) is 2.69. The number of hydrogen-bond acceptors (Lipinski definition) is 4. The molecule has 0 aliphatic carbocycles. The molecule has 0 bridgehead atoms. The molecule has 0 unspecified atom stereocenters. The lowest BCUT2D eigenvalue weighted by atomic mass is 10.1. The molecule has 0 saturated carbocycles. The molecule has 0 atom stereocenters. The first-order valence-electron chi connectivity index (χ1n) is 8.06. The highest BCUT2D eigenvalue weighted by Crippen LogP contribution is 2.19. The number of nitrogens with one attached hydrogen (secondary N) is 1. The fourth-order valence-electron chi connectivity index (χ4n) is 2.69. The van der Waals surface area contributed by atoms with E-state index in [1.54, 1.807) is 0 Å². The zero-order valence-corrected chi connectivity index (χ0v) is 13.2. The summed E-state index contributed by atoms with van der Waals surface area (Å²) >= 11 is 0. The molecule has 1 aliphatic heterocycles. The van der Waals surface area contributed by atoms with Crippen LogP contribution in [0.3, 0.4) is 0 Å². The van der Waals surface area contributed by atoms with Gasteiger partial charge in [0.25, 0.3) is 0 Å². The van der Waals surface area contributed by atoms with Crippen molar-refractivity contribution >= 4 is 11.8 Å². The van der Waals surface area contributed by atoms with Crippen LogP contribution < -0.4 is 10.2 Å². The third kappa shape index (κ3) is 4.36. The summed E-state index contributed by atoms with van der Waals surface area (Å²) < 4.78 is 0. The lowest BCUT2D eigenvalue weighted by Gasteiger charge is -2.22. The molecule has 0 aromatic carbocycles. The zero-order chi connectivity index (χ0) is 14.4. The monoisotopic (exact) mass is 276 g/mol. The summed E-state index contributed by atoms with van der Waals surface area (Å²) in [7, 11) is 0. The highest BCUT2D eigenvalue weighted by molar-refractivity contribution is 5.44. The summed E-state index contributed by atoms with van der Waals surface area (Å²) in [5.41, 5.74) is 1.16. The lowest BCUT2D eigenvalue weighted by Crippen LogP contribution is -2.26. The number of nitrogens with zero attached hydrogens (tertiary/aromatic N) is 3. The van der Waals surface area contributed by atoms with Crippen LogP contribution in [0.4, 0.5) is 11.8 Å². The van der Waals surface area contributed by atoms with Crippen LogP contribution in [0.15, 0.2) is 6.07 Å². The summed E-state index contributed by atoms with van der Waals surface area (Å²) in [6.07, 6.45) is 6.20. The molecule has 20 heavy (non-hydrogen) atoms. The molecule has 112 valence electrons. The Bertz CT molecular complexity index is 409. The predicted octanol–water partition coefficient (Wildman–Crippen LogP) is 3.49. The quantitative estimate of drug-likeness (QED) is 0.894. The average Bonchev–Trinajstić information content (AvgIpc) is 2.66. The molecule has 1 N–H and O–H groups in total. The van der Waals surface area contributed by atoms with E-state index in [0.717, 1.165) is 43.5 Å². The van der Waals surface area contributed by atoms with Crippen molar-refractivity contribution in [2.24, 2.45) is 5.92 Å². The maximum atomic E-state index is 4.80. The zero-order valence-electron chi connectivity index (χ0n) is 13.2. The molecule has 0 amide bonds. The van der Waals surface area contributed by atoms with Crippen LogP contribution in [0.1, 0.15) is 52.1 Å². The molecule has 4 nitrogen and oxygen atoms in total. The molecular weight excluding hydrogens is 248 g/mol. The Kier molecular flexibility index (Phi) is 5.62. The van der Waals surface area contributed by atoms with Gasteiger partial charge in [0.05, 0.1) is 0 Å². The van der Waals surface area contributed by atoms with E-state index in [1.807, 2.05) is 0 Å². The molecule has 1 saturated heterocycles. The van der Waals surface area contributed by atoms with Crippen molar-refractivity contribution in [1.29, 1.82) is 0 Å². The summed E-state index contributed by atoms with van der Waals surface area (Å²) in [6.45, 7) is 9.67. The Hall–Kier alpha value is -1.32. The Morgan fingerprint density at radius 2 is 1.85 bits per heavy atom. The van der Waals surface area contributed by atoms with Gasteiger partial charge in [0.15, 0.2) is 0 Å². The van der Waals surface area contributed by atoms with Gasteiger partial charge < -0.3 is 10.2 Å². The fraction of sp³-hybridized carbons (Fsp3) is 0.750. The SMILES string of the molecule is CCNc1cc(CC(C)C)nc(N2CCCCCC2)n1. The van der Waals surface area contributed by atoms with E-state index in [9.17, 15) is 0 Å². The van der Waals surface area contributed by atoms with Crippen molar-refractivity contribution in [3.05, 3.63) is 11.8 Å². The summed E-state index contributed by atoms with van der Waals surface area (Å²) in [6, 6.07) is 2.10. The maximum absolute atomic E-state index is 4.80.